The molecule has 114 valence electrons. The second-order valence-electron chi connectivity index (χ2n) is 4.81. The van der Waals surface area contributed by atoms with Crippen molar-refractivity contribution in [2.45, 2.75) is 27.2 Å². The first-order valence-corrected chi connectivity index (χ1v) is 7.26. The minimum Gasteiger partial charge on any atom is -0.465 e. The highest BCUT2D eigenvalue weighted by atomic mass is 16.5. The van der Waals surface area contributed by atoms with Crippen molar-refractivity contribution in [1.29, 1.82) is 0 Å². The van der Waals surface area contributed by atoms with E-state index < -0.39 is 0 Å². The van der Waals surface area contributed by atoms with E-state index in [2.05, 4.69) is 0 Å². The van der Waals surface area contributed by atoms with Crippen LogP contribution in [0.4, 0.5) is 0 Å². The van der Waals surface area contributed by atoms with E-state index in [-0.39, 0.29) is 18.4 Å². The summed E-state index contributed by atoms with van der Waals surface area (Å²) in [5.41, 5.74) is 2.13. The van der Waals surface area contributed by atoms with Gasteiger partial charge in [0.1, 0.15) is 6.54 Å². The van der Waals surface area contributed by atoms with Crippen molar-refractivity contribution in [3.8, 4) is 0 Å². The molecule has 1 rings (SSSR count). The lowest BCUT2D eigenvalue weighted by Gasteiger charge is -2.19. The van der Waals surface area contributed by atoms with Crippen LogP contribution in [0.3, 0.4) is 0 Å². The van der Waals surface area contributed by atoms with Crippen LogP contribution < -0.4 is 0 Å². The summed E-state index contributed by atoms with van der Waals surface area (Å²) < 4.78 is 4.89. The smallest absolute Gasteiger partial charge is 0.325 e. The van der Waals surface area contributed by atoms with E-state index in [9.17, 15) is 9.59 Å². The Hall–Kier alpha value is -2.10. The van der Waals surface area contributed by atoms with E-state index in [0.717, 1.165) is 12.0 Å². The quantitative estimate of drug-likeness (QED) is 0.573. The van der Waals surface area contributed by atoms with Crippen LogP contribution in [0, 0.1) is 6.92 Å². The molecule has 0 saturated carbocycles. The number of benzene rings is 1. The molecule has 1 amide bonds. The second-order valence-corrected chi connectivity index (χ2v) is 4.81. The fourth-order valence-corrected chi connectivity index (χ4v) is 1.85. The minimum atomic E-state index is -0.372. The molecule has 0 heterocycles. The van der Waals surface area contributed by atoms with Crippen LogP contribution in [0.15, 0.2) is 30.3 Å². The van der Waals surface area contributed by atoms with Crippen molar-refractivity contribution < 1.29 is 14.3 Å². The van der Waals surface area contributed by atoms with E-state index >= 15 is 0 Å². The summed E-state index contributed by atoms with van der Waals surface area (Å²) >= 11 is 0. The second kappa shape index (κ2) is 8.95. The first-order valence-electron chi connectivity index (χ1n) is 7.26. The zero-order valence-electron chi connectivity index (χ0n) is 13.0. The average Bonchev–Trinajstić information content (AvgIpc) is 2.46. The number of rotatable bonds is 7. The van der Waals surface area contributed by atoms with Crippen LogP contribution in [0.25, 0.3) is 6.08 Å². The van der Waals surface area contributed by atoms with Crippen LogP contribution in [0.2, 0.25) is 0 Å². The molecule has 4 nitrogen and oxygen atoms in total. The summed E-state index contributed by atoms with van der Waals surface area (Å²) in [6.07, 6.45) is 4.05. The number of ether oxygens (including phenoxy) is 1. The zero-order valence-corrected chi connectivity index (χ0v) is 13.0. The Bertz CT molecular complexity index is 491. The first kappa shape index (κ1) is 17.0. The van der Waals surface area contributed by atoms with Crippen LogP contribution in [0.5, 0.6) is 0 Å². The third-order valence-corrected chi connectivity index (χ3v) is 2.93. The molecule has 0 unspecified atom stereocenters. The van der Waals surface area contributed by atoms with Crippen molar-refractivity contribution >= 4 is 18.0 Å². The topological polar surface area (TPSA) is 46.6 Å². The first-order chi connectivity index (χ1) is 10.1. The lowest BCUT2D eigenvalue weighted by molar-refractivity contribution is -0.147. The lowest BCUT2D eigenvalue weighted by atomic mass is 10.1. The molecular weight excluding hydrogens is 266 g/mol. The van der Waals surface area contributed by atoms with E-state index in [4.69, 9.17) is 4.74 Å². The van der Waals surface area contributed by atoms with Crippen LogP contribution in [0.1, 0.15) is 31.4 Å². The third kappa shape index (κ3) is 6.25. The van der Waals surface area contributed by atoms with Crippen molar-refractivity contribution in [2.24, 2.45) is 0 Å². The zero-order chi connectivity index (χ0) is 15.7. The van der Waals surface area contributed by atoms with Gasteiger partial charge in [-0.1, -0.05) is 36.8 Å². The molecule has 0 spiro atoms. The summed E-state index contributed by atoms with van der Waals surface area (Å²) in [5.74, 6) is -0.548. The van der Waals surface area contributed by atoms with Crippen molar-refractivity contribution in [3.63, 3.8) is 0 Å². The van der Waals surface area contributed by atoms with E-state index in [1.807, 2.05) is 38.1 Å². The molecule has 0 aliphatic rings. The number of carbonyl (C=O) groups is 2. The van der Waals surface area contributed by atoms with Crippen molar-refractivity contribution in [1.82, 2.24) is 4.90 Å². The van der Waals surface area contributed by atoms with Gasteiger partial charge in [-0.05, 0) is 31.9 Å². The monoisotopic (exact) mass is 289 g/mol. The maximum absolute atomic E-state index is 12.1. The molecular formula is C17H23NO3. The predicted molar refractivity (Wildman–Crippen MR) is 83.7 cm³/mol. The van der Waals surface area contributed by atoms with E-state index in [1.54, 1.807) is 13.0 Å². The summed E-state index contributed by atoms with van der Waals surface area (Å²) in [6, 6.07) is 7.89. The van der Waals surface area contributed by atoms with E-state index in [0.29, 0.717) is 13.2 Å². The van der Waals surface area contributed by atoms with Crippen molar-refractivity contribution in [3.05, 3.63) is 41.5 Å². The number of hydrogen-bond acceptors (Lipinski definition) is 3. The molecule has 0 aliphatic heterocycles. The number of esters is 1. The highest BCUT2D eigenvalue weighted by Gasteiger charge is 2.14. The van der Waals surface area contributed by atoms with Gasteiger partial charge < -0.3 is 9.64 Å². The van der Waals surface area contributed by atoms with Gasteiger partial charge in [0.15, 0.2) is 0 Å². The molecule has 0 bridgehead atoms. The molecule has 0 fully saturated rings. The Kier molecular flexibility index (Phi) is 7.23. The summed E-state index contributed by atoms with van der Waals surface area (Å²) in [7, 11) is 0. The van der Waals surface area contributed by atoms with Gasteiger partial charge in [-0.3, -0.25) is 9.59 Å². The number of nitrogens with zero attached hydrogens (tertiary/aromatic N) is 1. The van der Waals surface area contributed by atoms with Crippen LogP contribution >= 0.6 is 0 Å². The Morgan fingerprint density at radius 3 is 2.43 bits per heavy atom. The predicted octanol–water partition coefficient (Wildman–Crippen LogP) is 2.81. The molecule has 0 radical (unpaired) electrons. The van der Waals surface area contributed by atoms with Gasteiger partial charge in [0, 0.05) is 12.6 Å². The highest BCUT2D eigenvalue weighted by molar-refractivity contribution is 5.93. The standard InChI is InChI=1S/C17H23NO3/c1-4-12-18(13-17(20)21-5-2)16(19)11-10-15-8-6-14(3)7-9-15/h6-11H,4-5,12-13H2,1-3H3/b11-10+. The fraction of sp³-hybridized carbons (Fsp3) is 0.412. The minimum absolute atomic E-state index is 0.00124. The average molecular weight is 289 g/mol. The van der Waals surface area contributed by atoms with E-state index in [1.165, 1.54) is 16.5 Å². The van der Waals surface area contributed by atoms with Gasteiger partial charge >= 0.3 is 5.97 Å². The molecule has 0 saturated heterocycles. The molecule has 1 aromatic carbocycles. The number of aryl methyl sites for hydroxylation is 1. The van der Waals surface area contributed by atoms with Gasteiger partial charge in [0.05, 0.1) is 6.61 Å². The Labute approximate surface area is 126 Å². The van der Waals surface area contributed by atoms with Gasteiger partial charge in [0.2, 0.25) is 5.91 Å². The molecule has 0 N–H and O–H groups in total. The Morgan fingerprint density at radius 1 is 1.19 bits per heavy atom. The lowest BCUT2D eigenvalue weighted by Crippen LogP contribution is -2.36. The fourth-order valence-electron chi connectivity index (χ4n) is 1.85. The molecule has 1 aromatic rings. The third-order valence-electron chi connectivity index (χ3n) is 2.93. The maximum atomic E-state index is 12.1. The summed E-state index contributed by atoms with van der Waals surface area (Å²) in [6.45, 7) is 6.60. The Morgan fingerprint density at radius 2 is 1.86 bits per heavy atom. The molecule has 0 aliphatic carbocycles. The normalized spacial score (nSPS) is 10.6. The van der Waals surface area contributed by atoms with Gasteiger partial charge in [-0.2, -0.15) is 0 Å². The van der Waals surface area contributed by atoms with Gasteiger partial charge in [-0.15, -0.1) is 0 Å². The largest absolute Gasteiger partial charge is 0.465 e. The molecule has 0 aromatic heterocycles. The Balaban J connectivity index is 2.67. The number of hydrogen-bond donors (Lipinski definition) is 0. The summed E-state index contributed by atoms with van der Waals surface area (Å²) in [4.78, 5) is 25.2. The number of carbonyl (C=O) groups excluding carboxylic acids is 2. The summed E-state index contributed by atoms with van der Waals surface area (Å²) in [5, 5.41) is 0. The molecule has 4 heteroatoms. The molecule has 0 atom stereocenters. The van der Waals surface area contributed by atoms with Gasteiger partial charge in [0.25, 0.3) is 0 Å². The number of amides is 1. The van der Waals surface area contributed by atoms with Crippen molar-refractivity contribution in [2.75, 3.05) is 19.7 Å². The molecule has 21 heavy (non-hydrogen) atoms. The van der Waals surface area contributed by atoms with Crippen LogP contribution in [-0.4, -0.2) is 36.5 Å². The SMILES string of the molecule is CCCN(CC(=O)OCC)C(=O)/C=C/c1ccc(C)cc1. The van der Waals surface area contributed by atoms with Crippen LogP contribution in [-0.2, 0) is 14.3 Å². The van der Waals surface area contributed by atoms with Gasteiger partial charge in [-0.25, -0.2) is 0 Å². The maximum Gasteiger partial charge on any atom is 0.325 e. The highest BCUT2D eigenvalue weighted by Crippen LogP contribution is 2.06.